The van der Waals surface area contributed by atoms with Crippen molar-refractivity contribution >= 4 is 33.2 Å². The summed E-state index contributed by atoms with van der Waals surface area (Å²) in [7, 11) is -3.46. The van der Waals surface area contributed by atoms with Gasteiger partial charge in [0.1, 0.15) is 0 Å². The number of carbonyl (C=O) groups is 2. The minimum absolute atomic E-state index is 0.187. The number of benzene rings is 2. The Bertz CT molecular complexity index is 907. The van der Waals surface area contributed by atoms with E-state index in [4.69, 9.17) is 5.73 Å². The number of nitrogens with two attached hydrogens (primary N) is 1. The molecule has 7 nitrogen and oxygen atoms in total. The van der Waals surface area contributed by atoms with Gasteiger partial charge >= 0.3 is 0 Å². The number of hydrogen-bond acceptors (Lipinski definition) is 4. The first-order valence-electron chi connectivity index (χ1n) is 6.96. The highest BCUT2D eigenvalue weighted by Gasteiger charge is 2.14. The van der Waals surface area contributed by atoms with Gasteiger partial charge < -0.3 is 11.1 Å². The average Bonchev–Trinajstić information content (AvgIpc) is 2.48. The topological polar surface area (TPSA) is 118 Å². The van der Waals surface area contributed by atoms with E-state index in [0.717, 1.165) is 6.26 Å². The second-order valence-corrected chi connectivity index (χ2v) is 7.02. The molecule has 0 aliphatic rings. The molecule has 4 N–H and O–H groups in total. The van der Waals surface area contributed by atoms with E-state index in [2.05, 4.69) is 10.0 Å². The van der Waals surface area contributed by atoms with Crippen molar-refractivity contribution in [1.82, 2.24) is 0 Å². The Kier molecular flexibility index (Phi) is 4.89. The van der Waals surface area contributed by atoms with Crippen molar-refractivity contribution < 1.29 is 18.0 Å². The zero-order chi connectivity index (χ0) is 17.9. The van der Waals surface area contributed by atoms with Gasteiger partial charge in [0.15, 0.2) is 0 Å². The summed E-state index contributed by atoms with van der Waals surface area (Å²) in [4.78, 5) is 23.8. The van der Waals surface area contributed by atoms with Gasteiger partial charge in [0.05, 0.1) is 23.2 Å². The number of aryl methyl sites for hydroxylation is 1. The molecule has 0 unspecified atom stereocenters. The molecule has 0 radical (unpaired) electrons. The highest BCUT2D eigenvalue weighted by molar-refractivity contribution is 7.92. The summed E-state index contributed by atoms with van der Waals surface area (Å²) >= 11 is 0. The predicted molar refractivity (Wildman–Crippen MR) is 92.6 cm³/mol. The maximum atomic E-state index is 12.4. The first-order chi connectivity index (χ1) is 11.2. The number of para-hydroxylation sites is 1. The number of hydrogen-bond donors (Lipinski definition) is 3. The molecule has 0 heterocycles. The van der Waals surface area contributed by atoms with Crippen LogP contribution in [0.25, 0.3) is 0 Å². The number of primary amides is 1. The highest BCUT2D eigenvalue weighted by atomic mass is 32.2. The standard InChI is InChI=1S/C16H17N3O4S/c1-10-7-8-11(9-14(10)19-24(2,22)23)16(21)18-13-6-4-3-5-12(13)15(17)20/h3-9,19H,1-2H3,(H2,17,20)(H,18,21). The van der Waals surface area contributed by atoms with E-state index >= 15 is 0 Å². The van der Waals surface area contributed by atoms with E-state index < -0.39 is 21.8 Å². The van der Waals surface area contributed by atoms with E-state index in [1.165, 1.54) is 12.1 Å². The Labute approximate surface area is 139 Å². The molecule has 126 valence electrons. The number of nitrogens with one attached hydrogen (secondary N) is 2. The third-order valence-electron chi connectivity index (χ3n) is 3.24. The highest BCUT2D eigenvalue weighted by Crippen LogP contribution is 2.20. The van der Waals surface area contributed by atoms with Crippen LogP contribution >= 0.6 is 0 Å². The van der Waals surface area contributed by atoms with Gasteiger partial charge in [-0.1, -0.05) is 18.2 Å². The number of anilines is 2. The Morgan fingerprint density at radius 1 is 1.04 bits per heavy atom. The van der Waals surface area contributed by atoms with Crippen molar-refractivity contribution in [1.29, 1.82) is 0 Å². The van der Waals surface area contributed by atoms with Crippen LogP contribution in [0.5, 0.6) is 0 Å². The largest absolute Gasteiger partial charge is 0.366 e. The molecule has 2 aromatic rings. The van der Waals surface area contributed by atoms with Crippen molar-refractivity contribution in [2.24, 2.45) is 5.73 Å². The minimum Gasteiger partial charge on any atom is -0.366 e. The molecule has 8 heteroatoms. The van der Waals surface area contributed by atoms with Crippen LogP contribution in [-0.2, 0) is 10.0 Å². The van der Waals surface area contributed by atoms with Crippen molar-refractivity contribution in [3.05, 3.63) is 59.2 Å². The Balaban J connectivity index is 2.31. The van der Waals surface area contributed by atoms with E-state index in [0.29, 0.717) is 11.3 Å². The first kappa shape index (κ1) is 17.5. The lowest BCUT2D eigenvalue weighted by atomic mass is 10.1. The van der Waals surface area contributed by atoms with Crippen LogP contribution in [0, 0.1) is 6.92 Å². The molecule has 24 heavy (non-hydrogen) atoms. The average molecular weight is 347 g/mol. The lowest BCUT2D eigenvalue weighted by Gasteiger charge is -2.12. The number of rotatable bonds is 5. The monoisotopic (exact) mass is 347 g/mol. The van der Waals surface area contributed by atoms with Crippen molar-refractivity contribution in [2.75, 3.05) is 16.3 Å². The lowest BCUT2D eigenvalue weighted by molar-refractivity contribution is 0.100. The second kappa shape index (κ2) is 6.71. The molecular weight excluding hydrogens is 330 g/mol. The smallest absolute Gasteiger partial charge is 0.255 e. The van der Waals surface area contributed by atoms with E-state index in [1.807, 2.05) is 0 Å². The van der Waals surface area contributed by atoms with Gasteiger partial charge in [0.2, 0.25) is 10.0 Å². The van der Waals surface area contributed by atoms with Gasteiger partial charge in [-0.25, -0.2) is 8.42 Å². The SMILES string of the molecule is Cc1ccc(C(=O)Nc2ccccc2C(N)=O)cc1NS(C)(=O)=O. The van der Waals surface area contributed by atoms with E-state index in [-0.39, 0.29) is 16.8 Å². The van der Waals surface area contributed by atoms with Crippen LogP contribution in [0.4, 0.5) is 11.4 Å². The molecule has 0 atom stereocenters. The molecule has 2 aromatic carbocycles. The molecule has 0 aromatic heterocycles. The van der Waals surface area contributed by atoms with Gasteiger partial charge in [-0.2, -0.15) is 0 Å². The van der Waals surface area contributed by atoms with Crippen LogP contribution < -0.4 is 15.8 Å². The normalized spacial score (nSPS) is 10.9. The molecule has 0 aliphatic heterocycles. The van der Waals surface area contributed by atoms with E-state index in [9.17, 15) is 18.0 Å². The quantitative estimate of drug-likeness (QED) is 0.763. The summed E-state index contributed by atoms with van der Waals surface area (Å²) in [5, 5.41) is 2.60. The van der Waals surface area contributed by atoms with Gasteiger partial charge in [0, 0.05) is 5.56 Å². The molecule has 2 rings (SSSR count). The fourth-order valence-corrected chi connectivity index (χ4v) is 2.69. The lowest BCUT2D eigenvalue weighted by Crippen LogP contribution is -2.18. The van der Waals surface area contributed by atoms with Gasteiger partial charge in [-0.05, 0) is 36.8 Å². The minimum atomic E-state index is -3.46. The Morgan fingerprint density at radius 2 is 1.71 bits per heavy atom. The summed E-state index contributed by atoms with van der Waals surface area (Å²) in [6.07, 6.45) is 1.03. The molecule has 0 fully saturated rings. The fourth-order valence-electron chi connectivity index (χ4n) is 2.07. The number of sulfonamides is 1. The summed E-state index contributed by atoms with van der Waals surface area (Å²) in [6, 6.07) is 11.0. The zero-order valence-electron chi connectivity index (χ0n) is 13.2. The zero-order valence-corrected chi connectivity index (χ0v) is 14.0. The fraction of sp³-hybridized carbons (Fsp3) is 0.125. The third-order valence-corrected chi connectivity index (χ3v) is 3.83. The third kappa shape index (κ3) is 4.32. The van der Waals surface area contributed by atoms with Crippen molar-refractivity contribution in [3.63, 3.8) is 0 Å². The van der Waals surface area contributed by atoms with Crippen LogP contribution in [-0.4, -0.2) is 26.5 Å². The predicted octanol–water partition coefficient (Wildman–Crippen LogP) is 1.72. The molecule has 0 bridgehead atoms. The second-order valence-electron chi connectivity index (χ2n) is 5.27. The molecule has 0 spiro atoms. The number of carbonyl (C=O) groups excluding carboxylic acids is 2. The van der Waals surface area contributed by atoms with Crippen LogP contribution in [0.1, 0.15) is 26.3 Å². The molecule has 0 saturated carbocycles. The van der Waals surface area contributed by atoms with Crippen LogP contribution in [0.2, 0.25) is 0 Å². The van der Waals surface area contributed by atoms with Gasteiger partial charge in [0.25, 0.3) is 11.8 Å². The van der Waals surface area contributed by atoms with Crippen LogP contribution in [0.15, 0.2) is 42.5 Å². The summed E-state index contributed by atoms with van der Waals surface area (Å²) < 4.78 is 25.1. The maximum absolute atomic E-state index is 12.4. The Morgan fingerprint density at radius 3 is 2.33 bits per heavy atom. The van der Waals surface area contributed by atoms with Crippen molar-refractivity contribution in [3.8, 4) is 0 Å². The first-order valence-corrected chi connectivity index (χ1v) is 8.85. The van der Waals surface area contributed by atoms with Crippen LogP contribution in [0.3, 0.4) is 0 Å². The molecule has 2 amide bonds. The summed E-state index contributed by atoms with van der Waals surface area (Å²) in [6.45, 7) is 1.72. The molecular formula is C16H17N3O4S. The van der Waals surface area contributed by atoms with Gasteiger partial charge in [-0.15, -0.1) is 0 Å². The summed E-state index contributed by atoms with van der Waals surface area (Å²) in [5.41, 5.74) is 6.98. The molecule has 0 aliphatic carbocycles. The summed E-state index contributed by atoms with van der Waals surface area (Å²) in [5.74, 6) is -1.14. The Hall–Kier alpha value is -2.87. The maximum Gasteiger partial charge on any atom is 0.255 e. The van der Waals surface area contributed by atoms with E-state index in [1.54, 1.807) is 37.3 Å². The van der Waals surface area contributed by atoms with Gasteiger partial charge in [-0.3, -0.25) is 14.3 Å². The molecule has 0 saturated heterocycles. The van der Waals surface area contributed by atoms with Crippen molar-refractivity contribution in [2.45, 2.75) is 6.92 Å². The number of amides is 2.